The number of aliphatic hydroxyl groups is 1. The third-order valence-electron chi connectivity index (χ3n) is 2.00. The first-order valence-corrected chi connectivity index (χ1v) is 4.16. The number of benzene rings is 1. The zero-order valence-corrected chi connectivity index (χ0v) is 7.77. The lowest BCUT2D eigenvalue weighted by Gasteiger charge is -2.11. The van der Waals surface area contributed by atoms with E-state index >= 15 is 0 Å². The van der Waals surface area contributed by atoms with Crippen molar-refractivity contribution in [1.82, 2.24) is 0 Å². The Morgan fingerprint density at radius 2 is 2.13 bits per heavy atom. The summed E-state index contributed by atoms with van der Waals surface area (Å²) in [6, 6.07) is 0.964. The average Bonchev–Trinajstić information content (AvgIpc) is 2.16. The number of nitrogens with two attached hydrogens (primary N) is 2. The van der Waals surface area contributed by atoms with Crippen molar-refractivity contribution in [3.05, 3.63) is 29.1 Å². The second kappa shape index (κ2) is 4.24. The van der Waals surface area contributed by atoms with Crippen molar-refractivity contribution in [3.63, 3.8) is 0 Å². The van der Waals surface area contributed by atoms with Gasteiger partial charge in [0.2, 0.25) is 0 Å². The van der Waals surface area contributed by atoms with Gasteiger partial charge in [0.05, 0.1) is 18.2 Å². The predicted molar refractivity (Wildman–Crippen MR) is 51.8 cm³/mol. The first-order chi connectivity index (χ1) is 6.97. The highest BCUT2D eigenvalue weighted by molar-refractivity contribution is 5.93. The number of halogens is 1. The van der Waals surface area contributed by atoms with Gasteiger partial charge in [-0.2, -0.15) is 0 Å². The summed E-state index contributed by atoms with van der Waals surface area (Å²) in [6.45, 7) is -0.472. The van der Waals surface area contributed by atoms with Crippen molar-refractivity contribution >= 4 is 11.7 Å². The Bertz CT molecular complexity index is 395. The van der Waals surface area contributed by atoms with Gasteiger partial charge in [-0.15, -0.1) is 0 Å². The molecule has 0 bridgehead atoms. The Labute approximate surface area is 85.1 Å². The summed E-state index contributed by atoms with van der Waals surface area (Å²) in [5.41, 5.74) is 10.2. The Morgan fingerprint density at radius 1 is 1.53 bits per heavy atom. The maximum absolute atomic E-state index is 13.3. The number of rotatable bonds is 3. The fourth-order valence-electron chi connectivity index (χ4n) is 1.17. The van der Waals surface area contributed by atoms with Crippen LogP contribution in [0, 0.1) is 5.82 Å². The Hall–Kier alpha value is -1.66. The van der Waals surface area contributed by atoms with E-state index in [-0.39, 0.29) is 16.8 Å². The number of aromatic carboxylic acids is 1. The van der Waals surface area contributed by atoms with Crippen molar-refractivity contribution in [3.8, 4) is 0 Å². The minimum Gasteiger partial charge on any atom is -0.478 e. The van der Waals surface area contributed by atoms with Crippen molar-refractivity contribution < 1.29 is 19.4 Å². The molecule has 0 aliphatic heterocycles. The van der Waals surface area contributed by atoms with Gasteiger partial charge in [-0.25, -0.2) is 9.18 Å². The number of carboxylic acids is 1. The second-order valence-electron chi connectivity index (χ2n) is 3.06. The summed E-state index contributed by atoms with van der Waals surface area (Å²) < 4.78 is 13.3. The molecule has 1 rings (SSSR count). The molecule has 0 aliphatic carbocycles. The first-order valence-electron chi connectivity index (χ1n) is 4.16. The zero-order valence-electron chi connectivity index (χ0n) is 7.77. The molecular formula is C9H11FN2O3. The SMILES string of the molecule is Nc1cc(F)c([C@@H](N)CO)cc1C(=O)O. The molecule has 0 unspecified atom stereocenters. The monoisotopic (exact) mass is 214 g/mol. The van der Waals surface area contributed by atoms with Crippen LogP contribution in [0.5, 0.6) is 0 Å². The van der Waals surface area contributed by atoms with Crippen LogP contribution in [-0.4, -0.2) is 22.8 Å². The molecule has 15 heavy (non-hydrogen) atoms. The van der Waals surface area contributed by atoms with E-state index < -0.39 is 24.4 Å². The maximum Gasteiger partial charge on any atom is 0.337 e. The van der Waals surface area contributed by atoms with Gasteiger partial charge in [-0.05, 0) is 12.1 Å². The lowest BCUT2D eigenvalue weighted by Crippen LogP contribution is -2.17. The van der Waals surface area contributed by atoms with Crippen LogP contribution < -0.4 is 11.5 Å². The molecule has 0 fully saturated rings. The van der Waals surface area contributed by atoms with E-state index in [2.05, 4.69) is 0 Å². The highest BCUT2D eigenvalue weighted by Crippen LogP contribution is 2.22. The molecular weight excluding hydrogens is 203 g/mol. The van der Waals surface area contributed by atoms with E-state index in [4.69, 9.17) is 21.7 Å². The number of nitrogen functional groups attached to an aromatic ring is 1. The van der Waals surface area contributed by atoms with Crippen LogP contribution in [0.3, 0.4) is 0 Å². The molecule has 1 aromatic rings. The molecule has 0 spiro atoms. The molecule has 6 heteroatoms. The van der Waals surface area contributed by atoms with Gasteiger partial charge in [-0.1, -0.05) is 0 Å². The Kier molecular flexibility index (Phi) is 3.23. The lowest BCUT2D eigenvalue weighted by atomic mass is 10.0. The highest BCUT2D eigenvalue weighted by Gasteiger charge is 2.16. The number of hydrogen-bond donors (Lipinski definition) is 4. The minimum atomic E-state index is -1.26. The summed E-state index contributed by atoms with van der Waals surface area (Å²) in [5, 5.41) is 17.5. The highest BCUT2D eigenvalue weighted by atomic mass is 19.1. The molecule has 0 saturated carbocycles. The van der Waals surface area contributed by atoms with Crippen LogP contribution in [0.1, 0.15) is 22.0 Å². The van der Waals surface area contributed by atoms with Gasteiger partial charge in [0.1, 0.15) is 5.82 Å². The third kappa shape index (κ3) is 2.23. The van der Waals surface area contributed by atoms with E-state index in [1.165, 1.54) is 0 Å². The van der Waals surface area contributed by atoms with Crippen molar-refractivity contribution in [2.45, 2.75) is 6.04 Å². The van der Waals surface area contributed by atoms with Crippen molar-refractivity contribution in [2.24, 2.45) is 5.73 Å². The number of anilines is 1. The second-order valence-corrected chi connectivity index (χ2v) is 3.06. The van der Waals surface area contributed by atoms with E-state index in [0.29, 0.717) is 0 Å². The van der Waals surface area contributed by atoms with Crippen LogP contribution in [0.25, 0.3) is 0 Å². The van der Waals surface area contributed by atoms with Gasteiger partial charge in [0.15, 0.2) is 0 Å². The van der Waals surface area contributed by atoms with Gasteiger partial charge in [-0.3, -0.25) is 0 Å². The van der Waals surface area contributed by atoms with Crippen LogP contribution in [-0.2, 0) is 0 Å². The number of carboxylic acid groups (broad SMARTS) is 1. The zero-order chi connectivity index (χ0) is 11.6. The van der Waals surface area contributed by atoms with Crippen LogP contribution in [0.4, 0.5) is 10.1 Å². The van der Waals surface area contributed by atoms with Crippen molar-refractivity contribution in [1.29, 1.82) is 0 Å². The lowest BCUT2D eigenvalue weighted by molar-refractivity contribution is 0.0697. The summed E-state index contributed by atoms with van der Waals surface area (Å²) in [7, 11) is 0. The van der Waals surface area contributed by atoms with E-state index in [0.717, 1.165) is 12.1 Å². The Balaban J connectivity index is 3.29. The molecule has 82 valence electrons. The van der Waals surface area contributed by atoms with E-state index in [1.807, 2.05) is 0 Å². The molecule has 5 nitrogen and oxygen atoms in total. The molecule has 6 N–H and O–H groups in total. The molecule has 1 atom stereocenters. The van der Waals surface area contributed by atoms with Crippen LogP contribution >= 0.6 is 0 Å². The third-order valence-corrected chi connectivity index (χ3v) is 2.00. The van der Waals surface area contributed by atoms with Crippen LogP contribution in [0.15, 0.2) is 12.1 Å². The fourth-order valence-corrected chi connectivity index (χ4v) is 1.17. The molecule has 0 aliphatic rings. The van der Waals surface area contributed by atoms with Crippen molar-refractivity contribution in [2.75, 3.05) is 12.3 Å². The topological polar surface area (TPSA) is 110 Å². The van der Waals surface area contributed by atoms with Gasteiger partial charge in [0.25, 0.3) is 0 Å². The molecule has 1 aromatic carbocycles. The Morgan fingerprint density at radius 3 is 2.60 bits per heavy atom. The van der Waals surface area contributed by atoms with Gasteiger partial charge in [0, 0.05) is 11.3 Å². The predicted octanol–water partition coefficient (Wildman–Crippen LogP) is 0.0982. The molecule has 0 saturated heterocycles. The molecule has 0 radical (unpaired) electrons. The number of carbonyl (C=O) groups is 1. The summed E-state index contributed by atoms with van der Waals surface area (Å²) in [4.78, 5) is 10.7. The largest absolute Gasteiger partial charge is 0.478 e. The summed E-state index contributed by atoms with van der Waals surface area (Å²) >= 11 is 0. The quantitative estimate of drug-likeness (QED) is 0.533. The maximum atomic E-state index is 13.3. The van der Waals surface area contributed by atoms with E-state index in [9.17, 15) is 9.18 Å². The molecule has 0 aromatic heterocycles. The molecule has 0 amide bonds. The number of aliphatic hydroxyl groups excluding tert-OH is 1. The standard InChI is InChI=1S/C9H11FN2O3/c10-6-2-7(11)5(9(14)15)1-4(6)8(12)3-13/h1-2,8,13H,3,11-12H2,(H,14,15)/t8-/m0/s1. The average molecular weight is 214 g/mol. The fraction of sp³-hybridized carbons (Fsp3) is 0.222. The first kappa shape index (κ1) is 11.4. The summed E-state index contributed by atoms with van der Waals surface area (Å²) in [5.74, 6) is -1.99. The number of hydrogen-bond acceptors (Lipinski definition) is 4. The molecule has 0 heterocycles. The van der Waals surface area contributed by atoms with Gasteiger partial charge >= 0.3 is 5.97 Å². The summed E-state index contributed by atoms with van der Waals surface area (Å²) in [6.07, 6.45) is 0. The van der Waals surface area contributed by atoms with Crippen LogP contribution in [0.2, 0.25) is 0 Å². The minimum absolute atomic E-state index is 0.0656. The smallest absolute Gasteiger partial charge is 0.337 e. The van der Waals surface area contributed by atoms with E-state index in [1.54, 1.807) is 0 Å². The van der Waals surface area contributed by atoms with Gasteiger partial charge < -0.3 is 21.7 Å². The normalized spacial score (nSPS) is 12.5.